The Balaban J connectivity index is 1.73. The lowest BCUT2D eigenvalue weighted by Gasteiger charge is -2.28. The van der Waals surface area contributed by atoms with Crippen molar-refractivity contribution in [3.8, 4) is 11.4 Å². The molecule has 1 N–H and O–H groups in total. The molecule has 0 fully saturated rings. The van der Waals surface area contributed by atoms with E-state index in [1.165, 1.54) is 13.0 Å². The Kier molecular flexibility index (Phi) is 6.42. The smallest absolute Gasteiger partial charge is 0.246 e. The zero-order valence-electron chi connectivity index (χ0n) is 16.7. The van der Waals surface area contributed by atoms with E-state index in [4.69, 9.17) is 16.1 Å². The summed E-state index contributed by atoms with van der Waals surface area (Å²) >= 11 is 6.14. The number of nitrogens with zero attached hydrogens (tertiary/aromatic N) is 3. The highest BCUT2D eigenvalue weighted by Crippen LogP contribution is 2.26. The summed E-state index contributed by atoms with van der Waals surface area (Å²) in [5.74, 6) is 0.0928. The second kappa shape index (κ2) is 8.85. The normalized spacial score (nSPS) is 12.4. The third kappa shape index (κ3) is 4.98. The number of nitrogens with one attached hydrogen (secondary N) is 1. The van der Waals surface area contributed by atoms with Crippen molar-refractivity contribution in [1.29, 1.82) is 0 Å². The van der Waals surface area contributed by atoms with Crippen LogP contribution in [0.5, 0.6) is 0 Å². The number of aromatic nitrogens is 2. The molecule has 30 heavy (non-hydrogen) atoms. The highest BCUT2D eigenvalue weighted by Gasteiger charge is 2.29. The molecule has 1 aromatic heterocycles. The van der Waals surface area contributed by atoms with Gasteiger partial charge in [-0.15, -0.1) is 0 Å². The number of halogens is 1. The second-order valence-corrected chi connectivity index (χ2v) is 9.03. The minimum absolute atomic E-state index is 0.0325. The summed E-state index contributed by atoms with van der Waals surface area (Å²) in [4.78, 5) is 16.9. The largest absolute Gasteiger partial charge is 0.345 e. The monoisotopic (exact) mass is 448 g/mol. The zero-order valence-corrected chi connectivity index (χ0v) is 18.2. The maximum Gasteiger partial charge on any atom is 0.246 e. The SMILES string of the molecule is Cc1ccc(N([C@@H](C)C(=O)NCc2nc(-c3ccccc3)no2)S(C)(=O)=O)cc1Cl. The van der Waals surface area contributed by atoms with E-state index in [1.54, 1.807) is 19.1 Å². The van der Waals surface area contributed by atoms with Crippen LogP contribution in [-0.4, -0.2) is 36.8 Å². The Labute approximate surface area is 179 Å². The molecule has 0 radical (unpaired) electrons. The van der Waals surface area contributed by atoms with Gasteiger partial charge < -0.3 is 9.84 Å². The van der Waals surface area contributed by atoms with Crippen LogP contribution >= 0.6 is 11.6 Å². The van der Waals surface area contributed by atoms with Crippen molar-refractivity contribution >= 4 is 33.2 Å². The molecule has 0 aliphatic heterocycles. The van der Waals surface area contributed by atoms with Crippen molar-refractivity contribution in [2.24, 2.45) is 0 Å². The fraction of sp³-hybridized carbons (Fsp3) is 0.250. The van der Waals surface area contributed by atoms with Gasteiger partial charge in [-0.25, -0.2) is 8.42 Å². The molecule has 10 heteroatoms. The van der Waals surface area contributed by atoms with Crippen LogP contribution in [0, 0.1) is 6.92 Å². The zero-order chi connectivity index (χ0) is 21.9. The molecule has 1 amide bonds. The first-order chi connectivity index (χ1) is 14.2. The van der Waals surface area contributed by atoms with Crippen LogP contribution in [0.4, 0.5) is 5.69 Å². The fourth-order valence-corrected chi connectivity index (χ4v) is 4.21. The predicted octanol–water partition coefficient (Wildman–Crippen LogP) is 3.17. The number of rotatable bonds is 7. The number of aryl methyl sites for hydroxylation is 1. The van der Waals surface area contributed by atoms with E-state index in [9.17, 15) is 13.2 Å². The van der Waals surface area contributed by atoms with Crippen LogP contribution in [0.1, 0.15) is 18.4 Å². The molecule has 1 heterocycles. The van der Waals surface area contributed by atoms with E-state index in [0.29, 0.717) is 16.5 Å². The van der Waals surface area contributed by atoms with Gasteiger partial charge in [0, 0.05) is 10.6 Å². The lowest BCUT2D eigenvalue weighted by molar-refractivity contribution is -0.122. The van der Waals surface area contributed by atoms with Gasteiger partial charge in [0.15, 0.2) is 0 Å². The molecule has 8 nitrogen and oxygen atoms in total. The quantitative estimate of drug-likeness (QED) is 0.595. The van der Waals surface area contributed by atoms with Gasteiger partial charge in [-0.2, -0.15) is 4.98 Å². The number of benzene rings is 2. The number of sulfonamides is 1. The van der Waals surface area contributed by atoms with Gasteiger partial charge in [0.05, 0.1) is 18.5 Å². The van der Waals surface area contributed by atoms with Crippen LogP contribution in [0.15, 0.2) is 53.1 Å². The first kappa shape index (κ1) is 21.8. The summed E-state index contributed by atoms with van der Waals surface area (Å²) in [6.07, 6.45) is 1.04. The lowest BCUT2D eigenvalue weighted by atomic mass is 10.2. The van der Waals surface area contributed by atoms with Gasteiger partial charge in [0.2, 0.25) is 27.6 Å². The molecule has 0 unspecified atom stereocenters. The number of hydrogen-bond acceptors (Lipinski definition) is 6. The topological polar surface area (TPSA) is 105 Å². The summed E-state index contributed by atoms with van der Waals surface area (Å²) < 4.78 is 30.9. The second-order valence-electron chi connectivity index (χ2n) is 6.76. The number of carbonyl (C=O) groups excluding carboxylic acids is 1. The fourth-order valence-electron chi connectivity index (χ4n) is 2.87. The number of anilines is 1. The Morgan fingerprint density at radius 3 is 2.57 bits per heavy atom. The number of carbonyl (C=O) groups is 1. The van der Waals surface area contributed by atoms with Gasteiger partial charge in [-0.05, 0) is 31.5 Å². The predicted molar refractivity (Wildman–Crippen MR) is 115 cm³/mol. The number of amides is 1. The third-order valence-electron chi connectivity index (χ3n) is 4.41. The molecule has 0 bridgehead atoms. The molecule has 158 valence electrons. The van der Waals surface area contributed by atoms with Crippen LogP contribution < -0.4 is 9.62 Å². The van der Waals surface area contributed by atoms with Crippen molar-refractivity contribution in [3.05, 3.63) is 65.0 Å². The van der Waals surface area contributed by atoms with E-state index in [2.05, 4.69) is 15.5 Å². The van der Waals surface area contributed by atoms with Crippen molar-refractivity contribution in [2.75, 3.05) is 10.6 Å². The van der Waals surface area contributed by atoms with E-state index in [-0.39, 0.29) is 12.4 Å². The molecule has 3 rings (SSSR count). The van der Waals surface area contributed by atoms with Gasteiger partial charge in [0.25, 0.3) is 0 Å². The lowest BCUT2D eigenvalue weighted by Crippen LogP contribution is -2.47. The van der Waals surface area contributed by atoms with Gasteiger partial charge in [0.1, 0.15) is 6.04 Å². The molecular formula is C20H21ClN4O4S. The maximum absolute atomic E-state index is 12.7. The van der Waals surface area contributed by atoms with Crippen molar-refractivity contribution in [3.63, 3.8) is 0 Å². The molecule has 0 saturated carbocycles. The van der Waals surface area contributed by atoms with E-state index in [0.717, 1.165) is 21.7 Å². The van der Waals surface area contributed by atoms with E-state index >= 15 is 0 Å². The van der Waals surface area contributed by atoms with Crippen molar-refractivity contribution in [1.82, 2.24) is 15.5 Å². The van der Waals surface area contributed by atoms with Gasteiger partial charge in [-0.3, -0.25) is 9.10 Å². The van der Waals surface area contributed by atoms with Gasteiger partial charge in [-0.1, -0.05) is 53.2 Å². The van der Waals surface area contributed by atoms with Crippen LogP contribution in [-0.2, 0) is 21.4 Å². The average molecular weight is 449 g/mol. The van der Waals surface area contributed by atoms with Crippen LogP contribution in [0.2, 0.25) is 5.02 Å². The van der Waals surface area contributed by atoms with E-state index in [1.807, 2.05) is 30.3 Å². The molecule has 0 aliphatic carbocycles. The molecule has 2 aromatic carbocycles. The van der Waals surface area contributed by atoms with Crippen molar-refractivity contribution < 1.29 is 17.7 Å². The number of hydrogen-bond donors (Lipinski definition) is 1. The summed E-state index contributed by atoms with van der Waals surface area (Å²) in [6.45, 7) is 3.27. The summed E-state index contributed by atoms with van der Waals surface area (Å²) in [7, 11) is -3.74. The third-order valence-corrected chi connectivity index (χ3v) is 6.06. The molecule has 3 aromatic rings. The Hall–Kier alpha value is -2.91. The summed E-state index contributed by atoms with van der Waals surface area (Å²) in [6, 6.07) is 13.1. The molecule has 0 saturated heterocycles. The van der Waals surface area contributed by atoms with Crippen LogP contribution in [0.3, 0.4) is 0 Å². The van der Waals surface area contributed by atoms with Crippen LogP contribution in [0.25, 0.3) is 11.4 Å². The molecule has 1 atom stereocenters. The van der Waals surface area contributed by atoms with Crippen molar-refractivity contribution in [2.45, 2.75) is 26.4 Å². The minimum Gasteiger partial charge on any atom is -0.345 e. The minimum atomic E-state index is -3.74. The highest BCUT2D eigenvalue weighted by atomic mass is 35.5. The molecule has 0 spiro atoms. The van der Waals surface area contributed by atoms with Gasteiger partial charge >= 0.3 is 0 Å². The Morgan fingerprint density at radius 1 is 1.23 bits per heavy atom. The highest BCUT2D eigenvalue weighted by molar-refractivity contribution is 7.92. The first-order valence-electron chi connectivity index (χ1n) is 9.08. The molecular weight excluding hydrogens is 428 g/mol. The summed E-state index contributed by atoms with van der Waals surface area (Å²) in [5, 5.41) is 6.94. The van der Waals surface area contributed by atoms with E-state index < -0.39 is 22.0 Å². The first-order valence-corrected chi connectivity index (χ1v) is 11.3. The Morgan fingerprint density at radius 2 is 1.93 bits per heavy atom. The Bertz CT molecular complexity index is 1150. The molecule has 0 aliphatic rings. The summed E-state index contributed by atoms with van der Waals surface area (Å²) in [5.41, 5.74) is 1.89. The standard InChI is InChI=1S/C20H21ClN4O4S/c1-13-9-10-16(11-17(13)21)25(30(3,27)28)14(2)20(26)22-12-18-23-19(24-29-18)15-7-5-4-6-8-15/h4-11,14H,12H2,1-3H3,(H,22,26)/t14-/m0/s1. The average Bonchev–Trinajstić information content (AvgIpc) is 3.17. The maximum atomic E-state index is 12.7.